The summed E-state index contributed by atoms with van der Waals surface area (Å²) >= 11 is 0. The summed E-state index contributed by atoms with van der Waals surface area (Å²) in [5.41, 5.74) is -0.0581. The quantitative estimate of drug-likeness (QED) is 0.552. The van der Waals surface area contributed by atoms with Gasteiger partial charge in [-0.1, -0.05) is 27.7 Å². The Bertz CT molecular complexity index is 572. The van der Waals surface area contributed by atoms with Crippen molar-refractivity contribution >= 4 is 11.8 Å². The minimum atomic E-state index is -0.258. The highest BCUT2D eigenvalue weighted by Gasteiger charge is 2.74. The van der Waals surface area contributed by atoms with Gasteiger partial charge in [0.25, 0.3) is 0 Å². The number of carbonyl (C=O) groups excluding carboxylic acids is 2. The lowest BCUT2D eigenvalue weighted by molar-refractivity contribution is -0.142. The lowest BCUT2D eigenvalue weighted by Crippen LogP contribution is -2.58. The molecular weight excluding hydrogens is 316 g/mol. The van der Waals surface area contributed by atoms with Crippen molar-refractivity contribution in [3.05, 3.63) is 0 Å². The lowest BCUT2D eigenvalue weighted by Gasteiger charge is -2.58. The number of hydrogen-bond donors (Lipinski definition) is 0. The molecule has 0 N–H and O–H groups in total. The third-order valence-electron chi connectivity index (χ3n) is 8.34. The van der Waals surface area contributed by atoms with Gasteiger partial charge in [0.15, 0.2) is 5.78 Å². The molecule has 0 radical (unpaired) electrons. The molecule has 2 aliphatic carbocycles. The fraction of sp³-hybridized carbons (Fsp3) is 0.905. The SMILES string of the molecule is COC(=O)CC(C)CC[C@]1(C)C2CC(=O)[C@@H]3O[C@]3(C)[C@]2(C)CC[C@H]1C. The van der Waals surface area contributed by atoms with Crippen molar-refractivity contribution in [3.8, 4) is 0 Å². The second-order valence-electron chi connectivity index (χ2n) is 9.62. The molecule has 0 aromatic carbocycles. The van der Waals surface area contributed by atoms with Gasteiger partial charge in [-0.05, 0) is 55.8 Å². The van der Waals surface area contributed by atoms with Gasteiger partial charge in [0.2, 0.25) is 0 Å². The summed E-state index contributed by atoms with van der Waals surface area (Å²) in [4.78, 5) is 24.1. The molecule has 2 saturated carbocycles. The second kappa shape index (κ2) is 6.07. The number of esters is 1. The number of Topliss-reactive ketones (excluding diaryl/α,β-unsaturated/α-hetero) is 1. The van der Waals surface area contributed by atoms with E-state index in [1.807, 2.05) is 0 Å². The number of fused-ring (bicyclic) bond motifs is 3. The summed E-state index contributed by atoms with van der Waals surface area (Å²) in [6.45, 7) is 11.4. The van der Waals surface area contributed by atoms with Crippen molar-refractivity contribution in [2.24, 2.45) is 28.6 Å². The van der Waals surface area contributed by atoms with E-state index in [0.717, 1.165) is 19.3 Å². The topological polar surface area (TPSA) is 55.9 Å². The molecule has 0 amide bonds. The van der Waals surface area contributed by atoms with Crippen molar-refractivity contribution in [1.82, 2.24) is 0 Å². The van der Waals surface area contributed by atoms with Gasteiger partial charge in [-0.3, -0.25) is 9.59 Å². The van der Waals surface area contributed by atoms with Crippen LogP contribution in [0.1, 0.15) is 73.1 Å². The maximum absolute atomic E-state index is 12.6. The molecule has 1 aliphatic heterocycles. The van der Waals surface area contributed by atoms with E-state index in [1.54, 1.807) is 0 Å². The van der Waals surface area contributed by atoms with E-state index < -0.39 is 0 Å². The Balaban J connectivity index is 1.78. The average Bonchev–Trinajstić information content (AvgIpc) is 3.27. The zero-order valence-corrected chi connectivity index (χ0v) is 16.7. The fourth-order valence-corrected chi connectivity index (χ4v) is 5.92. The molecule has 1 saturated heterocycles. The summed E-state index contributed by atoms with van der Waals surface area (Å²) < 4.78 is 10.8. The molecule has 3 aliphatic rings. The molecule has 1 heterocycles. The van der Waals surface area contributed by atoms with E-state index in [-0.39, 0.29) is 28.5 Å². The van der Waals surface area contributed by atoms with E-state index in [0.29, 0.717) is 36.4 Å². The zero-order valence-electron chi connectivity index (χ0n) is 16.7. The van der Waals surface area contributed by atoms with Crippen LogP contribution < -0.4 is 0 Å². The van der Waals surface area contributed by atoms with Crippen LogP contribution >= 0.6 is 0 Å². The third kappa shape index (κ3) is 2.75. The van der Waals surface area contributed by atoms with Crippen LogP contribution in [-0.4, -0.2) is 30.6 Å². The van der Waals surface area contributed by atoms with Gasteiger partial charge >= 0.3 is 5.97 Å². The first kappa shape index (κ1) is 18.9. The number of carbonyl (C=O) groups is 2. The number of ether oxygens (including phenoxy) is 2. The molecule has 0 spiro atoms. The minimum absolute atomic E-state index is 0.0818. The standard InChI is InChI=1S/C21H34O4/c1-13(11-17(23)24-6)7-9-19(3)14(2)8-10-20(4)16(19)12-15(22)18-21(20,5)25-18/h13-14,16,18H,7-12H2,1-6H3/t13?,14-,16?,18+,19+,20-,21+/m1/s1. The van der Waals surface area contributed by atoms with Crippen molar-refractivity contribution in [2.45, 2.75) is 84.8 Å². The molecule has 142 valence electrons. The highest BCUT2D eigenvalue weighted by Crippen LogP contribution is 2.69. The molecule has 3 fully saturated rings. The molecule has 0 bridgehead atoms. The van der Waals surface area contributed by atoms with Crippen LogP contribution in [0.25, 0.3) is 0 Å². The van der Waals surface area contributed by atoms with Crippen molar-refractivity contribution in [1.29, 1.82) is 0 Å². The lowest BCUT2D eigenvalue weighted by atomic mass is 9.44. The molecule has 25 heavy (non-hydrogen) atoms. The number of rotatable bonds is 5. The molecule has 3 rings (SSSR count). The Kier molecular flexibility index (Phi) is 4.59. The van der Waals surface area contributed by atoms with E-state index in [1.165, 1.54) is 13.5 Å². The maximum Gasteiger partial charge on any atom is 0.305 e. The van der Waals surface area contributed by atoms with Gasteiger partial charge < -0.3 is 9.47 Å². The van der Waals surface area contributed by atoms with E-state index in [4.69, 9.17) is 9.47 Å². The normalized spacial score (nSPS) is 46.8. The average molecular weight is 350 g/mol. The Morgan fingerprint density at radius 1 is 1.36 bits per heavy atom. The first-order valence-electron chi connectivity index (χ1n) is 9.86. The van der Waals surface area contributed by atoms with Gasteiger partial charge in [-0.25, -0.2) is 0 Å². The van der Waals surface area contributed by atoms with Crippen LogP contribution in [0.5, 0.6) is 0 Å². The van der Waals surface area contributed by atoms with Crippen LogP contribution in [-0.2, 0) is 19.1 Å². The van der Waals surface area contributed by atoms with Crippen LogP contribution in [0.2, 0.25) is 0 Å². The first-order chi connectivity index (χ1) is 11.6. The highest BCUT2D eigenvalue weighted by atomic mass is 16.6. The number of ketones is 1. The summed E-state index contributed by atoms with van der Waals surface area (Å²) in [5.74, 6) is 1.43. The van der Waals surface area contributed by atoms with Gasteiger partial charge in [0.05, 0.1) is 7.11 Å². The minimum Gasteiger partial charge on any atom is -0.469 e. The van der Waals surface area contributed by atoms with E-state index in [2.05, 4.69) is 34.6 Å². The molecule has 2 unspecified atom stereocenters. The maximum atomic E-state index is 12.6. The predicted octanol–water partition coefficient (Wildman–Crippen LogP) is 4.15. The first-order valence-corrected chi connectivity index (χ1v) is 9.86. The Hall–Kier alpha value is -0.900. The summed E-state index contributed by atoms with van der Waals surface area (Å²) in [5, 5.41) is 0. The zero-order chi connectivity index (χ0) is 18.6. The third-order valence-corrected chi connectivity index (χ3v) is 8.34. The largest absolute Gasteiger partial charge is 0.469 e. The number of epoxide rings is 1. The molecule has 7 atom stereocenters. The van der Waals surface area contributed by atoms with Crippen LogP contribution in [0.4, 0.5) is 0 Å². The number of methoxy groups -OCH3 is 1. The summed E-state index contributed by atoms with van der Waals surface area (Å²) in [7, 11) is 1.45. The van der Waals surface area contributed by atoms with Gasteiger partial charge in [0, 0.05) is 18.3 Å². The summed E-state index contributed by atoms with van der Waals surface area (Å²) in [6, 6.07) is 0. The highest BCUT2D eigenvalue weighted by molar-refractivity contribution is 5.89. The van der Waals surface area contributed by atoms with Gasteiger partial charge in [0.1, 0.15) is 11.7 Å². The Morgan fingerprint density at radius 2 is 2.04 bits per heavy atom. The molecule has 0 aromatic heterocycles. The predicted molar refractivity (Wildman–Crippen MR) is 96.0 cm³/mol. The van der Waals surface area contributed by atoms with Gasteiger partial charge in [-0.15, -0.1) is 0 Å². The Labute approximate surface area is 152 Å². The summed E-state index contributed by atoms with van der Waals surface area (Å²) in [6.07, 6.45) is 5.36. The van der Waals surface area contributed by atoms with Crippen molar-refractivity contribution in [2.75, 3.05) is 7.11 Å². The van der Waals surface area contributed by atoms with E-state index >= 15 is 0 Å². The van der Waals surface area contributed by atoms with Crippen molar-refractivity contribution in [3.63, 3.8) is 0 Å². The smallest absolute Gasteiger partial charge is 0.305 e. The Morgan fingerprint density at radius 3 is 2.68 bits per heavy atom. The van der Waals surface area contributed by atoms with Crippen LogP contribution in [0, 0.1) is 28.6 Å². The fourth-order valence-electron chi connectivity index (χ4n) is 5.92. The monoisotopic (exact) mass is 350 g/mol. The molecule has 0 aromatic rings. The number of hydrogen-bond acceptors (Lipinski definition) is 4. The molecular formula is C21H34O4. The molecule has 4 heteroatoms. The molecule has 4 nitrogen and oxygen atoms in total. The van der Waals surface area contributed by atoms with Gasteiger partial charge in [-0.2, -0.15) is 0 Å². The second-order valence-corrected chi connectivity index (χ2v) is 9.62. The van der Waals surface area contributed by atoms with Crippen molar-refractivity contribution < 1.29 is 19.1 Å². The van der Waals surface area contributed by atoms with Crippen LogP contribution in [0.3, 0.4) is 0 Å². The van der Waals surface area contributed by atoms with E-state index in [9.17, 15) is 9.59 Å². The van der Waals surface area contributed by atoms with Crippen LogP contribution in [0.15, 0.2) is 0 Å².